The second-order valence-corrected chi connectivity index (χ2v) is 5.96. The Morgan fingerprint density at radius 2 is 2.09 bits per heavy atom. The van der Waals surface area contributed by atoms with E-state index in [2.05, 4.69) is 9.51 Å². The highest BCUT2D eigenvalue weighted by molar-refractivity contribution is 7.46. The standard InChI is InChI=1S/C10H14N3O9P/c11-8-4(2-14)1-13(10(17)12-8)9-7(16)6(15)5(22-9)3-21-23(18,19)20/h1-2,5-7,9,15-16H,3H2,(H2,11,12,17)(H2,18,19,20)/t5-,6-,7-,9-/m1/s1. The third kappa shape index (κ3) is 3.82. The van der Waals surface area contributed by atoms with Crippen LogP contribution in [0, 0.1) is 0 Å². The molecule has 0 aliphatic carbocycles. The maximum absolute atomic E-state index is 11.8. The van der Waals surface area contributed by atoms with Gasteiger partial charge in [0.15, 0.2) is 12.5 Å². The summed E-state index contributed by atoms with van der Waals surface area (Å²) < 4.78 is 20.8. The minimum atomic E-state index is -4.80. The summed E-state index contributed by atoms with van der Waals surface area (Å²) in [5.74, 6) is -0.310. The molecule has 1 aliphatic heterocycles. The molecule has 0 bridgehead atoms. The summed E-state index contributed by atoms with van der Waals surface area (Å²) in [6.45, 7) is -0.726. The van der Waals surface area contributed by atoms with Crippen molar-refractivity contribution in [1.29, 1.82) is 0 Å². The summed E-state index contributed by atoms with van der Waals surface area (Å²) in [6, 6.07) is 0. The summed E-state index contributed by atoms with van der Waals surface area (Å²) in [5, 5.41) is 19.8. The lowest BCUT2D eigenvalue weighted by atomic mass is 10.1. The third-order valence-electron chi connectivity index (χ3n) is 3.16. The zero-order chi connectivity index (χ0) is 17.4. The summed E-state index contributed by atoms with van der Waals surface area (Å²) >= 11 is 0. The molecule has 0 spiro atoms. The highest BCUT2D eigenvalue weighted by Gasteiger charge is 2.45. The van der Waals surface area contributed by atoms with E-state index in [1.165, 1.54) is 0 Å². The van der Waals surface area contributed by atoms with Gasteiger partial charge in [-0.05, 0) is 0 Å². The second kappa shape index (κ2) is 6.45. The molecule has 12 nitrogen and oxygen atoms in total. The predicted octanol–water partition coefficient (Wildman–Crippen LogP) is -2.63. The van der Waals surface area contributed by atoms with E-state index in [0.717, 1.165) is 10.8 Å². The predicted molar refractivity (Wildman–Crippen MR) is 72.2 cm³/mol. The molecule has 1 saturated heterocycles. The van der Waals surface area contributed by atoms with E-state index in [4.69, 9.17) is 20.3 Å². The number of hydrogen-bond acceptors (Lipinski definition) is 9. The fourth-order valence-corrected chi connectivity index (χ4v) is 2.38. The second-order valence-electron chi connectivity index (χ2n) is 4.72. The van der Waals surface area contributed by atoms with Gasteiger partial charge in [0.1, 0.15) is 24.1 Å². The Kier molecular flexibility index (Phi) is 4.96. The van der Waals surface area contributed by atoms with Crippen molar-refractivity contribution in [3.05, 3.63) is 22.2 Å². The lowest BCUT2D eigenvalue weighted by Gasteiger charge is -2.17. The minimum Gasteiger partial charge on any atom is -0.387 e. The quantitative estimate of drug-likeness (QED) is 0.275. The first-order valence-electron chi connectivity index (χ1n) is 6.19. The molecule has 1 fully saturated rings. The van der Waals surface area contributed by atoms with Crippen LogP contribution in [0.1, 0.15) is 16.6 Å². The van der Waals surface area contributed by atoms with E-state index in [0.29, 0.717) is 6.29 Å². The van der Waals surface area contributed by atoms with Crippen LogP contribution in [0.25, 0.3) is 0 Å². The van der Waals surface area contributed by atoms with Crippen LogP contribution in [0.15, 0.2) is 11.0 Å². The molecule has 0 radical (unpaired) electrons. The summed E-state index contributed by atoms with van der Waals surface area (Å²) in [7, 11) is -4.80. The summed E-state index contributed by atoms with van der Waals surface area (Å²) in [6.07, 6.45) is -4.63. The van der Waals surface area contributed by atoms with Gasteiger partial charge in [0.25, 0.3) is 0 Å². The number of ether oxygens (including phenoxy) is 1. The normalized spacial score (nSPS) is 28.0. The van der Waals surface area contributed by atoms with Crippen LogP contribution in [-0.4, -0.2) is 60.8 Å². The molecule has 6 N–H and O–H groups in total. The van der Waals surface area contributed by atoms with Gasteiger partial charge in [0, 0.05) is 6.20 Å². The Morgan fingerprint density at radius 3 is 2.65 bits per heavy atom. The summed E-state index contributed by atoms with van der Waals surface area (Å²) in [4.78, 5) is 43.3. The van der Waals surface area contributed by atoms with E-state index in [1.54, 1.807) is 0 Å². The molecule has 128 valence electrons. The van der Waals surface area contributed by atoms with Crippen LogP contribution in [0.4, 0.5) is 5.82 Å². The van der Waals surface area contributed by atoms with E-state index in [1.807, 2.05) is 0 Å². The average molecular weight is 351 g/mol. The van der Waals surface area contributed by atoms with Gasteiger partial charge in [-0.2, -0.15) is 4.98 Å². The molecule has 23 heavy (non-hydrogen) atoms. The highest BCUT2D eigenvalue weighted by atomic mass is 31.2. The fourth-order valence-electron chi connectivity index (χ4n) is 2.04. The van der Waals surface area contributed by atoms with Crippen LogP contribution in [-0.2, 0) is 13.8 Å². The number of phosphoric ester groups is 1. The maximum Gasteiger partial charge on any atom is 0.469 e. The number of aldehydes is 1. The smallest absolute Gasteiger partial charge is 0.387 e. The van der Waals surface area contributed by atoms with Gasteiger partial charge in [-0.15, -0.1) is 0 Å². The molecule has 2 rings (SSSR count). The number of nitrogens with zero attached hydrogens (tertiary/aromatic N) is 2. The fraction of sp³-hybridized carbons (Fsp3) is 0.500. The Labute approximate surface area is 128 Å². The van der Waals surface area contributed by atoms with Gasteiger partial charge < -0.3 is 30.5 Å². The van der Waals surface area contributed by atoms with E-state index in [-0.39, 0.29) is 11.4 Å². The number of carbonyl (C=O) groups excluding carboxylic acids is 1. The van der Waals surface area contributed by atoms with Crippen LogP contribution in [0.5, 0.6) is 0 Å². The van der Waals surface area contributed by atoms with Crippen molar-refractivity contribution in [3.8, 4) is 0 Å². The molecule has 1 aliphatic rings. The number of rotatable bonds is 5. The highest BCUT2D eigenvalue weighted by Crippen LogP contribution is 2.38. The Hall–Kier alpha value is -1.66. The maximum atomic E-state index is 11.8. The number of anilines is 1. The molecule has 2 heterocycles. The largest absolute Gasteiger partial charge is 0.469 e. The van der Waals surface area contributed by atoms with Gasteiger partial charge in [-0.25, -0.2) is 9.36 Å². The SMILES string of the molecule is Nc1nc(=O)n([C@@H]2O[C@H](COP(=O)(O)O)[C@@H](O)[C@H]2O)cc1C=O. The van der Waals surface area contributed by atoms with Crippen LogP contribution in [0.2, 0.25) is 0 Å². The first kappa shape index (κ1) is 17.7. The number of aromatic nitrogens is 2. The van der Waals surface area contributed by atoms with Crippen molar-refractivity contribution >= 4 is 19.9 Å². The zero-order valence-corrected chi connectivity index (χ0v) is 12.3. The number of carbonyl (C=O) groups is 1. The van der Waals surface area contributed by atoms with Gasteiger partial charge in [0.05, 0.1) is 12.2 Å². The van der Waals surface area contributed by atoms with E-state index in [9.17, 15) is 24.4 Å². The topological polar surface area (TPSA) is 194 Å². The van der Waals surface area contributed by atoms with Crippen molar-refractivity contribution in [2.75, 3.05) is 12.3 Å². The molecular formula is C10H14N3O9P. The number of hydrogen-bond donors (Lipinski definition) is 5. The Morgan fingerprint density at radius 1 is 1.43 bits per heavy atom. The lowest BCUT2D eigenvalue weighted by Crippen LogP contribution is -2.36. The van der Waals surface area contributed by atoms with Crippen LogP contribution in [0.3, 0.4) is 0 Å². The average Bonchev–Trinajstić information content (AvgIpc) is 2.73. The number of aliphatic hydroxyl groups excluding tert-OH is 2. The Balaban J connectivity index is 2.26. The Bertz CT molecular complexity index is 701. The number of nitrogen functional groups attached to an aromatic ring is 1. The van der Waals surface area contributed by atoms with Crippen molar-refractivity contribution in [2.24, 2.45) is 0 Å². The first-order valence-corrected chi connectivity index (χ1v) is 7.72. The van der Waals surface area contributed by atoms with Gasteiger partial charge in [-0.1, -0.05) is 0 Å². The number of nitrogens with two attached hydrogens (primary N) is 1. The third-order valence-corrected chi connectivity index (χ3v) is 3.64. The lowest BCUT2D eigenvalue weighted by molar-refractivity contribution is -0.0542. The molecule has 1 aromatic heterocycles. The number of phosphoric acid groups is 1. The zero-order valence-electron chi connectivity index (χ0n) is 11.4. The minimum absolute atomic E-state index is 0.134. The van der Waals surface area contributed by atoms with Gasteiger partial charge in [0.2, 0.25) is 0 Å². The molecule has 1 aromatic rings. The molecule has 0 saturated carbocycles. The molecule has 4 atom stereocenters. The van der Waals surface area contributed by atoms with E-state index >= 15 is 0 Å². The van der Waals surface area contributed by atoms with Crippen molar-refractivity contribution in [1.82, 2.24) is 9.55 Å². The number of aliphatic hydroxyl groups is 2. The van der Waals surface area contributed by atoms with Gasteiger partial charge >= 0.3 is 13.5 Å². The summed E-state index contributed by atoms with van der Waals surface area (Å²) in [5.41, 5.74) is 4.29. The molecule has 0 amide bonds. The van der Waals surface area contributed by atoms with Crippen molar-refractivity contribution < 1.29 is 38.6 Å². The van der Waals surface area contributed by atoms with Crippen LogP contribution < -0.4 is 11.4 Å². The molecule has 0 aromatic carbocycles. The first-order chi connectivity index (χ1) is 10.6. The van der Waals surface area contributed by atoms with Gasteiger partial charge in [-0.3, -0.25) is 13.9 Å². The molecule has 13 heteroatoms. The van der Waals surface area contributed by atoms with Crippen molar-refractivity contribution in [2.45, 2.75) is 24.5 Å². The van der Waals surface area contributed by atoms with E-state index < -0.39 is 44.7 Å². The van der Waals surface area contributed by atoms with Crippen LogP contribution >= 0.6 is 7.82 Å². The molecular weight excluding hydrogens is 337 g/mol. The molecule has 0 unspecified atom stereocenters. The monoisotopic (exact) mass is 351 g/mol. The van der Waals surface area contributed by atoms with Crippen molar-refractivity contribution in [3.63, 3.8) is 0 Å².